The van der Waals surface area contributed by atoms with Crippen molar-refractivity contribution in [2.45, 2.75) is 50.6 Å². The fourth-order valence-electron chi connectivity index (χ4n) is 1.93. The number of rotatable bonds is 5. The summed E-state index contributed by atoms with van der Waals surface area (Å²) < 4.78 is 4.89. The molecular weight excluding hydrogens is 192 g/mol. The lowest BCUT2D eigenvalue weighted by Gasteiger charge is -2.24. The van der Waals surface area contributed by atoms with Crippen molar-refractivity contribution in [3.63, 3.8) is 0 Å². The normalized spacial score (nSPS) is 19.9. The Morgan fingerprint density at radius 2 is 2.13 bits per heavy atom. The largest absolute Gasteiger partial charge is 0.385 e. The Hall–Kier alpha value is -0.610. The topological polar surface area (TPSA) is 64.3 Å². The van der Waals surface area contributed by atoms with E-state index >= 15 is 0 Å². The van der Waals surface area contributed by atoms with Gasteiger partial charge in [0.2, 0.25) is 5.91 Å². The molecule has 15 heavy (non-hydrogen) atoms. The molecule has 0 aromatic carbocycles. The zero-order chi connectivity index (χ0) is 11.1. The lowest BCUT2D eigenvalue weighted by Crippen LogP contribution is -2.46. The van der Waals surface area contributed by atoms with Gasteiger partial charge in [0.25, 0.3) is 0 Å². The second-order valence-corrected chi connectivity index (χ2v) is 4.23. The van der Waals surface area contributed by atoms with Gasteiger partial charge < -0.3 is 15.8 Å². The molecule has 0 bridgehead atoms. The zero-order valence-corrected chi connectivity index (χ0v) is 9.50. The first-order chi connectivity index (χ1) is 7.24. The van der Waals surface area contributed by atoms with E-state index in [1.165, 1.54) is 19.3 Å². The number of carbonyl (C=O) groups is 1. The van der Waals surface area contributed by atoms with Gasteiger partial charge in [-0.25, -0.2) is 0 Å². The van der Waals surface area contributed by atoms with Crippen LogP contribution in [0.5, 0.6) is 0 Å². The summed E-state index contributed by atoms with van der Waals surface area (Å²) in [7, 11) is 1.62. The SMILES string of the molecule is COCCC(N)C(=O)NC1CCCCC1. The highest BCUT2D eigenvalue weighted by Gasteiger charge is 2.19. The number of nitrogens with one attached hydrogen (secondary N) is 1. The van der Waals surface area contributed by atoms with E-state index in [2.05, 4.69) is 5.32 Å². The number of hydrogen-bond donors (Lipinski definition) is 2. The highest BCUT2D eigenvalue weighted by molar-refractivity contribution is 5.81. The van der Waals surface area contributed by atoms with Crippen molar-refractivity contribution in [2.75, 3.05) is 13.7 Å². The molecule has 1 aliphatic rings. The quantitative estimate of drug-likeness (QED) is 0.711. The minimum Gasteiger partial charge on any atom is -0.385 e. The van der Waals surface area contributed by atoms with Crippen molar-refractivity contribution in [3.05, 3.63) is 0 Å². The summed E-state index contributed by atoms with van der Waals surface area (Å²) in [6.45, 7) is 0.541. The van der Waals surface area contributed by atoms with Crippen molar-refractivity contribution in [3.8, 4) is 0 Å². The summed E-state index contributed by atoms with van der Waals surface area (Å²) in [5.74, 6) is -0.0287. The van der Waals surface area contributed by atoms with Crippen LogP contribution in [0, 0.1) is 0 Å². The van der Waals surface area contributed by atoms with E-state index in [1.54, 1.807) is 7.11 Å². The molecule has 4 heteroatoms. The number of ether oxygens (including phenoxy) is 1. The van der Waals surface area contributed by atoms with Crippen molar-refractivity contribution < 1.29 is 9.53 Å². The average Bonchev–Trinajstić information content (AvgIpc) is 2.27. The lowest BCUT2D eigenvalue weighted by molar-refractivity contribution is -0.123. The third-order valence-corrected chi connectivity index (χ3v) is 2.92. The second-order valence-electron chi connectivity index (χ2n) is 4.23. The number of carbonyl (C=O) groups excluding carboxylic acids is 1. The van der Waals surface area contributed by atoms with Gasteiger partial charge in [0.1, 0.15) is 0 Å². The summed E-state index contributed by atoms with van der Waals surface area (Å²) in [6.07, 6.45) is 6.53. The maximum absolute atomic E-state index is 11.6. The van der Waals surface area contributed by atoms with E-state index in [4.69, 9.17) is 10.5 Å². The van der Waals surface area contributed by atoms with Crippen LogP contribution in [-0.2, 0) is 9.53 Å². The maximum Gasteiger partial charge on any atom is 0.237 e. The summed E-state index contributed by atoms with van der Waals surface area (Å²) in [4.78, 5) is 11.6. The molecule has 0 aromatic heterocycles. The molecule has 1 atom stereocenters. The van der Waals surface area contributed by atoms with Crippen LogP contribution in [-0.4, -0.2) is 31.7 Å². The minimum absolute atomic E-state index is 0.0287. The average molecular weight is 214 g/mol. The molecule has 0 aromatic rings. The number of nitrogens with two attached hydrogens (primary N) is 1. The molecule has 0 spiro atoms. The van der Waals surface area contributed by atoms with Gasteiger partial charge in [0.15, 0.2) is 0 Å². The molecule has 0 radical (unpaired) electrons. The fourth-order valence-corrected chi connectivity index (χ4v) is 1.93. The van der Waals surface area contributed by atoms with Crippen molar-refractivity contribution in [1.29, 1.82) is 0 Å². The number of hydrogen-bond acceptors (Lipinski definition) is 3. The van der Waals surface area contributed by atoms with E-state index < -0.39 is 6.04 Å². The molecule has 1 rings (SSSR count). The molecule has 0 saturated heterocycles. The third-order valence-electron chi connectivity index (χ3n) is 2.92. The van der Waals surface area contributed by atoms with Crippen LogP contribution in [0.1, 0.15) is 38.5 Å². The summed E-state index contributed by atoms with van der Waals surface area (Å²) in [5.41, 5.74) is 5.73. The summed E-state index contributed by atoms with van der Waals surface area (Å²) >= 11 is 0. The molecule has 1 aliphatic carbocycles. The standard InChI is InChI=1S/C11H22N2O2/c1-15-8-7-10(12)11(14)13-9-5-3-2-4-6-9/h9-10H,2-8,12H2,1H3,(H,13,14). The van der Waals surface area contributed by atoms with E-state index in [0.29, 0.717) is 19.1 Å². The Bertz CT molecular complexity index is 191. The van der Waals surface area contributed by atoms with Crippen molar-refractivity contribution >= 4 is 5.91 Å². The van der Waals surface area contributed by atoms with Gasteiger partial charge in [0.05, 0.1) is 6.04 Å². The molecule has 1 saturated carbocycles. The lowest BCUT2D eigenvalue weighted by atomic mass is 9.95. The van der Waals surface area contributed by atoms with Gasteiger partial charge in [-0.15, -0.1) is 0 Å². The van der Waals surface area contributed by atoms with E-state index in [1.807, 2.05) is 0 Å². The molecule has 0 heterocycles. The molecular formula is C11H22N2O2. The van der Waals surface area contributed by atoms with Gasteiger partial charge in [-0.1, -0.05) is 19.3 Å². The van der Waals surface area contributed by atoms with Crippen LogP contribution in [0.3, 0.4) is 0 Å². The Balaban J connectivity index is 2.20. The zero-order valence-electron chi connectivity index (χ0n) is 9.50. The Morgan fingerprint density at radius 1 is 1.47 bits per heavy atom. The van der Waals surface area contributed by atoms with Gasteiger partial charge in [-0.3, -0.25) is 4.79 Å². The first kappa shape index (κ1) is 12.5. The van der Waals surface area contributed by atoms with Crippen LogP contribution in [0.15, 0.2) is 0 Å². The molecule has 1 amide bonds. The minimum atomic E-state index is -0.424. The predicted octanol–water partition coefficient (Wildman–Crippen LogP) is 0.799. The van der Waals surface area contributed by atoms with Crippen LogP contribution < -0.4 is 11.1 Å². The van der Waals surface area contributed by atoms with Gasteiger partial charge in [0, 0.05) is 19.8 Å². The molecule has 3 N–H and O–H groups in total. The van der Waals surface area contributed by atoms with Crippen LogP contribution >= 0.6 is 0 Å². The Morgan fingerprint density at radius 3 is 2.73 bits per heavy atom. The summed E-state index contributed by atoms with van der Waals surface area (Å²) in [5, 5.41) is 3.01. The van der Waals surface area contributed by atoms with Gasteiger partial charge in [-0.05, 0) is 19.3 Å². The van der Waals surface area contributed by atoms with Crippen molar-refractivity contribution in [1.82, 2.24) is 5.32 Å². The highest BCUT2D eigenvalue weighted by atomic mass is 16.5. The molecule has 0 aliphatic heterocycles. The molecule has 1 fully saturated rings. The molecule has 4 nitrogen and oxygen atoms in total. The van der Waals surface area contributed by atoms with E-state index in [0.717, 1.165) is 12.8 Å². The number of methoxy groups -OCH3 is 1. The predicted molar refractivity (Wildman–Crippen MR) is 59.5 cm³/mol. The van der Waals surface area contributed by atoms with Crippen LogP contribution in [0.25, 0.3) is 0 Å². The van der Waals surface area contributed by atoms with E-state index in [-0.39, 0.29) is 5.91 Å². The smallest absolute Gasteiger partial charge is 0.237 e. The Labute approximate surface area is 91.5 Å². The highest BCUT2D eigenvalue weighted by Crippen LogP contribution is 2.17. The fraction of sp³-hybridized carbons (Fsp3) is 0.909. The van der Waals surface area contributed by atoms with E-state index in [9.17, 15) is 4.79 Å². The van der Waals surface area contributed by atoms with Crippen LogP contribution in [0.4, 0.5) is 0 Å². The Kier molecular flexibility index (Phi) is 5.65. The monoisotopic (exact) mass is 214 g/mol. The number of amides is 1. The molecule has 1 unspecified atom stereocenters. The maximum atomic E-state index is 11.6. The van der Waals surface area contributed by atoms with Gasteiger partial charge >= 0.3 is 0 Å². The first-order valence-electron chi connectivity index (χ1n) is 5.79. The molecule has 88 valence electrons. The second kappa shape index (κ2) is 6.80. The van der Waals surface area contributed by atoms with Gasteiger partial charge in [-0.2, -0.15) is 0 Å². The summed E-state index contributed by atoms with van der Waals surface area (Å²) in [6, 6.07) is -0.0771. The first-order valence-corrected chi connectivity index (χ1v) is 5.79. The third kappa shape index (κ3) is 4.62. The van der Waals surface area contributed by atoms with Crippen LogP contribution in [0.2, 0.25) is 0 Å². The van der Waals surface area contributed by atoms with Crippen molar-refractivity contribution in [2.24, 2.45) is 5.73 Å².